The maximum Gasteiger partial charge on any atom is 0.243 e. The molecular weight excluding hydrogens is 552 g/mol. The van der Waals surface area contributed by atoms with Crippen LogP contribution in [-0.2, 0) is 26.1 Å². The van der Waals surface area contributed by atoms with E-state index in [0.717, 1.165) is 74.2 Å². The fourth-order valence-electron chi connectivity index (χ4n) is 6.97. The molecule has 0 bridgehead atoms. The molecule has 226 valence electrons. The zero-order valence-electron chi connectivity index (χ0n) is 24.7. The van der Waals surface area contributed by atoms with Crippen LogP contribution in [0.1, 0.15) is 50.8 Å². The summed E-state index contributed by atoms with van der Waals surface area (Å²) in [5, 5.41) is 1.75. The van der Waals surface area contributed by atoms with E-state index in [4.69, 9.17) is 9.47 Å². The second kappa shape index (κ2) is 12.4. The minimum absolute atomic E-state index is 0.00978. The van der Waals surface area contributed by atoms with Gasteiger partial charge in [0.1, 0.15) is 5.75 Å². The van der Waals surface area contributed by atoms with Crippen molar-refractivity contribution < 1.29 is 22.7 Å². The Hall–Kier alpha value is -2.92. The van der Waals surface area contributed by atoms with Crippen molar-refractivity contribution in [2.24, 2.45) is 0 Å². The number of nitrogens with zero attached hydrogens (tertiary/aromatic N) is 4. The first-order valence-corrected chi connectivity index (χ1v) is 16.7. The van der Waals surface area contributed by atoms with Crippen molar-refractivity contribution in [1.82, 2.24) is 18.7 Å². The Kier molecular flexibility index (Phi) is 8.58. The van der Waals surface area contributed by atoms with Gasteiger partial charge in [0.2, 0.25) is 15.9 Å². The molecule has 3 atom stereocenters. The Labute approximate surface area is 249 Å². The molecule has 1 unspecified atom stereocenters. The van der Waals surface area contributed by atoms with Crippen LogP contribution in [0.15, 0.2) is 59.6 Å². The molecule has 0 N–H and O–H groups in total. The molecule has 42 heavy (non-hydrogen) atoms. The lowest BCUT2D eigenvalue weighted by Crippen LogP contribution is -2.50. The molecule has 3 heterocycles. The highest BCUT2D eigenvalue weighted by Gasteiger charge is 2.39. The van der Waals surface area contributed by atoms with E-state index in [1.54, 1.807) is 16.4 Å². The number of hydrogen-bond acceptors (Lipinski definition) is 6. The van der Waals surface area contributed by atoms with Crippen LogP contribution < -0.4 is 4.74 Å². The van der Waals surface area contributed by atoms with Crippen LogP contribution >= 0.6 is 0 Å². The average Bonchev–Trinajstić information content (AvgIpc) is 3.51. The molecule has 2 fully saturated rings. The van der Waals surface area contributed by atoms with Crippen LogP contribution in [0.2, 0.25) is 0 Å². The van der Waals surface area contributed by atoms with Crippen molar-refractivity contribution in [1.29, 1.82) is 0 Å². The van der Waals surface area contributed by atoms with Crippen LogP contribution in [0.5, 0.6) is 5.75 Å². The van der Waals surface area contributed by atoms with Crippen molar-refractivity contribution in [3.05, 3.63) is 60.4 Å². The second-order valence-electron chi connectivity index (χ2n) is 11.7. The maximum absolute atomic E-state index is 14.2. The summed E-state index contributed by atoms with van der Waals surface area (Å²) in [5.74, 6) is 0.749. The molecular formula is C32H42N4O5S. The van der Waals surface area contributed by atoms with Gasteiger partial charge in [-0.05, 0) is 79.8 Å². The van der Waals surface area contributed by atoms with E-state index in [1.165, 1.54) is 0 Å². The van der Waals surface area contributed by atoms with E-state index in [0.29, 0.717) is 25.7 Å². The summed E-state index contributed by atoms with van der Waals surface area (Å²) in [4.78, 5) is 18.5. The predicted molar refractivity (Wildman–Crippen MR) is 162 cm³/mol. The van der Waals surface area contributed by atoms with Crippen LogP contribution in [-0.4, -0.2) is 91.6 Å². The smallest absolute Gasteiger partial charge is 0.243 e. The Bertz CT molecular complexity index is 1520. The van der Waals surface area contributed by atoms with Crippen LogP contribution in [0.25, 0.3) is 10.8 Å². The number of carbonyl (C=O) groups excluding carboxylic acids is 1. The quantitative estimate of drug-likeness (QED) is 0.387. The van der Waals surface area contributed by atoms with E-state index in [1.807, 2.05) is 61.5 Å². The molecule has 3 aromatic rings. The number of rotatable bonds is 8. The summed E-state index contributed by atoms with van der Waals surface area (Å²) in [5.41, 5.74) is 0.864. The van der Waals surface area contributed by atoms with Gasteiger partial charge in [-0.15, -0.1) is 0 Å². The molecule has 1 aromatic heterocycles. The van der Waals surface area contributed by atoms with Crippen LogP contribution in [0.4, 0.5) is 0 Å². The Morgan fingerprint density at radius 1 is 1.02 bits per heavy atom. The molecule has 1 aliphatic carbocycles. The molecule has 10 heteroatoms. The summed E-state index contributed by atoms with van der Waals surface area (Å²) in [6.45, 7) is 6.81. The first kappa shape index (κ1) is 29.2. The number of aromatic nitrogens is 1. The summed E-state index contributed by atoms with van der Waals surface area (Å²) in [6, 6.07) is 14.8. The third-order valence-electron chi connectivity index (χ3n) is 9.31. The maximum atomic E-state index is 14.2. The molecule has 1 amide bonds. The third-order valence-corrected chi connectivity index (χ3v) is 11.2. The van der Waals surface area contributed by atoms with Crippen molar-refractivity contribution >= 4 is 26.7 Å². The molecule has 1 saturated carbocycles. The lowest BCUT2D eigenvalue weighted by molar-refractivity contribution is -0.134. The minimum atomic E-state index is -3.86. The Morgan fingerprint density at radius 3 is 2.62 bits per heavy atom. The highest BCUT2D eigenvalue weighted by molar-refractivity contribution is 7.89. The third kappa shape index (κ3) is 5.82. The van der Waals surface area contributed by atoms with E-state index in [2.05, 4.69) is 9.47 Å². The highest BCUT2D eigenvalue weighted by Crippen LogP contribution is 2.36. The number of morpholine rings is 1. The lowest BCUT2D eigenvalue weighted by atomic mass is 9.88. The summed E-state index contributed by atoms with van der Waals surface area (Å²) >= 11 is 0. The number of carbonyl (C=O) groups is 1. The predicted octanol–water partition coefficient (Wildman–Crippen LogP) is 4.28. The molecule has 0 spiro atoms. The lowest BCUT2D eigenvalue weighted by Gasteiger charge is -2.42. The number of hydrogen-bond donors (Lipinski definition) is 0. The molecule has 0 radical (unpaired) electrons. The highest BCUT2D eigenvalue weighted by atomic mass is 32.2. The zero-order valence-corrected chi connectivity index (χ0v) is 25.5. The van der Waals surface area contributed by atoms with Gasteiger partial charge < -0.3 is 18.9 Å². The SMILES string of the molecule is CCOc1ccc2cc(S(=O)(=O)N3CCn4cccc4C3CC(=O)N(C)[C@@H]3CCC[C@H](N4CCOCC4)C3)ccc2c1. The molecule has 6 rings (SSSR count). The molecule has 2 aliphatic heterocycles. The van der Waals surface area contributed by atoms with E-state index in [-0.39, 0.29) is 23.3 Å². The van der Waals surface area contributed by atoms with Gasteiger partial charge in [0, 0.05) is 63.6 Å². The number of fused-ring (bicyclic) bond motifs is 2. The van der Waals surface area contributed by atoms with Crippen molar-refractivity contribution in [2.75, 3.05) is 46.5 Å². The van der Waals surface area contributed by atoms with Crippen molar-refractivity contribution in [2.45, 2.75) is 68.6 Å². The molecule has 1 saturated heterocycles. The van der Waals surface area contributed by atoms with Gasteiger partial charge >= 0.3 is 0 Å². The summed E-state index contributed by atoms with van der Waals surface area (Å²) in [6.07, 6.45) is 6.26. The summed E-state index contributed by atoms with van der Waals surface area (Å²) < 4.78 is 43.1. The number of sulfonamides is 1. The van der Waals surface area contributed by atoms with Crippen LogP contribution in [0.3, 0.4) is 0 Å². The number of benzene rings is 2. The normalized spacial score (nSPS) is 23.9. The summed E-state index contributed by atoms with van der Waals surface area (Å²) in [7, 11) is -1.97. The second-order valence-corrected chi connectivity index (χ2v) is 13.6. The van der Waals surface area contributed by atoms with Gasteiger partial charge in [-0.2, -0.15) is 4.31 Å². The Morgan fingerprint density at radius 2 is 1.81 bits per heavy atom. The topological polar surface area (TPSA) is 84.3 Å². The van der Waals surface area contributed by atoms with E-state index < -0.39 is 16.1 Å². The monoisotopic (exact) mass is 594 g/mol. The first-order chi connectivity index (χ1) is 20.3. The molecule has 9 nitrogen and oxygen atoms in total. The number of amides is 1. The van der Waals surface area contributed by atoms with Crippen LogP contribution in [0, 0.1) is 0 Å². The van der Waals surface area contributed by atoms with Gasteiger partial charge in [0.15, 0.2) is 0 Å². The fraction of sp³-hybridized carbons (Fsp3) is 0.531. The van der Waals surface area contributed by atoms with Gasteiger partial charge in [-0.25, -0.2) is 8.42 Å². The van der Waals surface area contributed by atoms with Crippen molar-refractivity contribution in [3.63, 3.8) is 0 Å². The van der Waals surface area contributed by atoms with Crippen molar-refractivity contribution in [3.8, 4) is 5.75 Å². The van der Waals surface area contributed by atoms with Gasteiger partial charge in [0.05, 0.1) is 30.8 Å². The molecule has 2 aromatic carbocycles. The first-order valence-electron chi connectivity index (χ1n) is 15.3. The molecule has 3 aliphatic rings. The largest absolute Gasteiger partial charge is 0.494 e. The Balaban J connectivity index is 1.22. The standard InChI is InChI=1S/C32H42N4O5S/c1-3-41-28-11-9-25-21-29(12-10-24(25)20-28)42(38,39)36-15-14-35-13-5-8-30(35)31(36)23-32(37)33(2)26-6-4-7-27(22-26)34-16-18-40-19-17-34/h5,8-13,20-21,26-27,31H,3-4,6-7,14-19,22-23H2,1-2H3/t26-,27+,31?/m1/s1. The zero-order chi connectivity index (χ0) is 29.3. The van der Waals surface area contributed by atoms with E-state index >= 15 is 0 Å². The van der Waals surface area contributed by atoms with Gasteiger partial charge in [0.25, 0.3) is 0 Å². The average molecular weight is 595 g/mol. The van der Waals surface area contributed by atoms with Gasteiger partial charge in [-0.1, -0.05) is 12.1 Å². The van der Waals surface area contributed by atoms with Gasteiger partial charge in [-0.3, -0.25) is 9.69 Å². The fourth-order valence-corrected chi connectivity index (χ4v) is 8.60. The minimum Gasteiger partial charge on any atom is -0.494 e. The number of ether oxygens (including phenoxy) is 2. The van der Waals surface area contributed by atoms with E-state index in [9.17, 15) is 13.2 Å².